The molecule has 2 aromatic rings. The van der Waals surface area contributed by atoms with Gasteiger partial charge in [-0.1, -0.05) is 6.07 Å². The molecule has 0 aliphatic carbocycles. The normalized spacial score (nSPS) is 16.5. The van der Waals surface area contributed by atoms with Crippen LogP contribution in [0.25, 0.3) is 0 Å². The van der Waals surface area contributed by atoms with E-state index in [4.69, 9.17) is 19.3 Å². The first-order chi connectivity index (χ1) is 15.2. The first-order valence-corrected chi connectivity index (χ1v) is 10.9. The zero-order chi connectivity index (χ0) is 24.7. The summed E-state index contributed by atoms with van der Waals surface area (Å²) in [5, 5.41) is 0. The number of nitrogens with two attached hydrogens (primary N) is 1. The average Bonchev–Trinajstić information content (AvgIpc) is 2.90. The third-order valence-electron chi connectivity index (χ3n) is 4.55. The molecule has 1 heterocycles. The van der Waals surface area contributed by atoms with Crippen LogP contribution < -0.4 is 15.2 Å². The molecule has 3 rings (SSSR count). The number of halogens is 1. The SMILES string of the molecule is [2H]C([2H])([2H])Oc1ccc([C@@H](CS(C)(=O)=O)N2C(=O)c3cc(F)cc(N)c3C2=O)cc1OCC. The standard InChI is InChI=1S/C20H21FN2O6S/c1-4-29-17-7-11(5-6-16(17)28-2)15(10-30(3,26)27)23-19(24)13-8-12(21)9-14(22)18(13)20(23)25/h5-9,15H,4,10,22H2,1-3H3/t15-/m1/s1/i2D3. The van der Waals surface area contributed by atoms with Crippen molar-refractivity contribution in [1.82, 2.24) is 4.90 Å². The number of ether oxygens (including phenoxy) is 2. The number of rotatable bonds is 7. The molecule has 0 bridgehead atoms. The van der Waals surface area contributed by atoms with Gasteiger partial charge >= 0.3 is 0 Å². The van der Waals surface area contributed by atoms with Gasteiger partial charge in [-0.2, -0.15) is 0 Å². The zero-order valence-electron chi connectivity index (χ0n) is 19.1. The maximum absolute atomic E-state index is 13.8. The van der Waals surface area contributed by atoms with Crippen LogP contribution in [0.1, 0.15) is 43.4 Å². The summed E-state index contributed by atoms with van der Waals surface area (Å²) in [7, 11) is -6.51. The lowest BCUT2D eigenvalue weighted by Gasteiger charge is -2.26. The molecule has 2 amide bonds. The molecule has 0 radical (unpaired) electrons. The van der Waals surface area contributed by atoms with Crippen molar-refractivity contribution in [2.24, 2.45) is 0 Å². The molecule has 1 atom stereocenters. The van der Waals surface area contributed by atoms with Gasteiger partial charge in [0.2, 0.25) is 0 Å². The lowest BCUT2D eigenvalue weighted by molar-refractivity contribution is 0.0597. The Morgan fingerprint density at radius 2 is 1.93 bits per heavy atom. The average molecular weight is 439 g/mol. The Balaban J connectivity index is 2.13. The lowest BCUT2D eigenvalue weighted by Crippen LogP contribution is -2.37. The highest BCUT2D eigenvalue weighted by atomic mass is 32.2. The highest BCUT2D eigenvalue weighted by Crippen LogP contribution is 2.38. The van der Waals surface area contributed by atoms with Gasteiger partial charge in [0, 0.05) is 11.9 Å². The number of nitrogen functional groups attached to an aromatic ring is 1. The molecule has 0 saturated heterocycles. The fraction of sp³-hybridized carbons (Fsp3) is 0.300. The number of nitrogens with zero attached hydrogens (tertiary/aromatic N) is 1. The number of carbonyl (C=O) groups excluding carboxylic acids is 2. The Labute approximate surface area is 177 Å². The molecule has 0 aromatic heterocycles. The lowest BCUT2D eigenvalue weighted by atomic mass is 10.1. The van der Waals surface area contributed by atoms with Crippen LogP contribution in [0.3, 0.4) is 0 Å². The molecule has 30 heavy (non-hydrogen) atoms. The minimum absolute atomic E-state index is 0.0215. The second kappa shape index (κ2) is 7.94. The number of benzene rings is 2. The Kier molecular flexibility index (Phi) is 4.68. The maximum atomic E-state index is 13.8. The number of sulfone groups is 1. The second-order valence-electron chi connectivity index (χ2n) is 6.75. The van der Waals surface area contributed by atoms with Gasteiger partial charge in [-0.3, -0.25) is 14.5 Å². The Morgan fingerprint density at radius 3 is 2.57 bits per heavy atom. The van der Waals surface area contributed by atoms with Crippen LogP contribution >= 0.6 is 0 Å². The smallest absolute Gasteiger partial charge is 0.264 e. The Hall–Kier alpha value is -3.14. The van der Waals surface area contributed by atoms with Crippen molar-refractivity contribution in [3.05, 3.63) is 52.8 Å². The van der Waals surface area contributed by atoms with Crippen molar-refractivity contribution < 1.29 is 36.0 Å². The number of anilines is 1. The fourth-order valence-electron chi connectivity index (χ4n) is 3.35. The zero-order valence-corrected chi connectivity index (χ0v) is 17.0. The van der Waals surface area contributed by atoms with Gasteiger partial charge in [-0.15, -0.1) is 0 Å². The predicted octanol–water partition coefficient (Wildman–Crippen LogP) is 2.20. The molecule has 0 spiro atoms. The number of amides is 2. The molecule has 2 aromatic carbocycles. The number of methoxy groups -OCH3 is 1. The third-order valence-corrected chi connectivity index (χ3v) is 5.47. The van der Waals surface area contributed by atoms with Gasteiger partial charge in [0.25, 0.3) is 11.8 Å². The molecule has 1 aliphatic rings. The van der Waals surface area contributed by atoms with E-state index < -0.39 is 46.3 Å². The molecular weight excluding hydrogens is 415 g/mol. The van der Waals surface area contributed by atoms with Crippen molar-refractivity contribution in [2.75, 3.05) is 31.4 Å². The van der Waals surface area contributed by atoms with E-state index in [1.165, 1.54) is 18.2 Å². The van der Waals surface area contributed by atoms with Crippen LogP contribution in [0, 0.1) is 5.82 Å². The monoisotopic (exact) mass is 439 g/mol. The van der Waals surface area contributed by atoms with E-state index in [9.17, 15) is 22.4 Å². The molecule has 0 unspecified atom stereocenters. The molecule has 8 nitrogen and oxygen atoms in total. The first-order valence-electron chi connectivity index (χ1n) is 10.3. The van der Waals surface area contributed by atoms with Crippen LogP contribution in [-0.2, 0) is 9.84 Å². The minimum Gasteiger partial charge on any atom is -0.493 e. The van der Waals surface area contributed by atoms with E-state index in [1.54, 1.807) is 6.92 Å². The molecule has 10 heteroatoms. The van der Waals surface area contributed by atoms with E-state index in [0.29, 0.717) is 4.90 Å². The maximum Gasteiger partial charge on any atom is 0.264 e. The van der Waals surface area contributed by atoms with E-state index in [2.05, 4.69) is 0 Å². The number of imide groups is 1. The number of hydrogen-bond donors (Lipinski definition) is 1. The van der Waals surface area contributed by atoms with Gasteiger partial charge in [0.1, 0.15) is 15.7 Å². The molecule has 0 saturated carbocycles. The first kappa shape index (κ1) is 17.7. The summed E-state index contributed by atoms with van der Waals surface area (Å²) in [6.45, 7) is 1.77. The summed E-state index contributed by atoms with van der Waals surface area (Å²) in [5.74, 6) is -3.40. The third kappa shape index (κ3) is 3.95. The van der Waals surface area contributed by atoms with Crippen molar-refractivity contribution >= 4 is 27.3 Å². The van der Waals surface area contributed by atoms with Crippen molar-refractivity contribution in [2.45, 2.75) is 13.0 Å². The predicted molar refractivity (Wildman–Crippen MR) is 108 cm³/mol. The van der Waals surface area contributed by atoms with Crippen molar-refractivity contribution in [3.8, 4) is 11.5 Å². The van der Waals surface area contributed by atoms with E-state index in [0.717, 1.165) is 18.4 Å². The number of carbonyl (C=O) groups is 2. The van der Waals surface area contributed by atoms with Crippen LogP contribution in [0.4, 0.5) is 10.1 Å². The minimum atomic E-state index is -3.74. The summed E-state index contributed by atoms with van der Waals surface area (Å²) < 4.78 is 70.4. The van der Waals surface area contributed by atoms with Gasteiger partial charge in [0.15, 0.2) is 11.5 Å². The topological polar surface area (TPSA) is 116 Å². The highest BCUT2D eigenvalue weighted by molar-refractivity contribution is 7.90. The van der Waals surface area contributed by atoms with Crippen LogP contribution in [0.2, 0.25) is 0 Å². The summed E-state index contributed by atoms with van der Waals surface area (Å²) in [4.78, 5) is 26.8. The molecule has 160 valence electrons. The summed E-state index contributed by atoms with van der Waals surface area (Å²) >= 11 is 0. The second-order valence-corrected chi connectivity index (χ2v) is 8.93. The Morgan fingerprint density at radius 1 is 1.20 bits per heavy atom. The van der Waals surface area contributed by atoms with Crippen LogP contribution in [0.5, 0.6) is 11.5 Å². The van der Waals surface area contributed by atoms with Crippen molar-refractivity contribution in [1.29, 1.82) is 0 Å². The molecular formula is C20H21FN2O6S. The van der Waals surface area contributed by atoms with Gasteiger partial charge in [-0.25, -0.2) is 12.8 Å². The summed E-state index contributed by atoms with van der Waals surface area (Å²) in [6.07, 6.45) is 0.932. The summed E-state index contributed by atoms with van der Waals surface area (Å²) in [6, 6.07) is 4.31. The number of hydrogen-bond acceptors (Lipinski definition) is 7. The van der Waals surface area contributed by atoms with E-state index in [1.807, 2.05) is 0 Å². The number of fused-ring (bicyclic) bond motifs is 1. The molecule has 0 fully saturated rings. The van der Waals surface area contributed by atoms with Gasteiger partial charge in [-0.05, 0) is 36.8 Å². The van der Waals surface area contributed by atoms with Crippen LogP contribution in [0.15, 0.2) is 30.3 Å². The highest BCUT2D eigenvalue weighted by Gasteiger charge is 2.43. The fourth-order valence-corrected chi connectivity index (χ4v) is 4.27. The quantitative estimate of drug-likeness (QED) is 0.519. The molecule has 1 aliphatic heterocycles. The van der Waals surface area contributed by atoms with E-state index in [-0.39, 0.29) is 40.5 Å². The van der Waals surface area contributed by atoms with Gasteiger partial charge < -0.3 is 15.2 Å². The van der Waals surface area contributed by atoms with Gasteiger partial charge in [0.05, 0.1) is 40.7 Å². The van der Waals surface area contributed by atoms with Crippen LogP contribution in [-0.4, -0.2) is 50.8 Å². The Bertz CT molecular complexity index is 1230. The van der Waals surface area contributed by atoms with Crippen molar-refractivity contribution in [3.63, 3.8) is 0 Å². The summed E-state index contributed by atoms with van der Waals surface area (Å²) in [5.41, 5.74) is 5.17. The molecule has 2 N–H and O–H groups in total. The van der Waals surface area contributed by atoms with E-state index >= 15 is 0 Å². The largest absolute Gasteiger partial charge is 0.493 e.